The quantitative estimate of drug-likeness (QED) is 0.829. The van der Waals surface area contributed by atoms with Crippen molar-refractivity contribution in [2.24, 2.45) is 5.92 Å². The van der Waals surface area contributed by atoms with E-state index in [1.54, 1.807) is 0 Å². The van der Waals surface area contributed by atoms with Crippen molar-refractivity contribution in [3.05, 3.63) is 29.8 Å². The zero-order chi connectivity index (χ0) is 13.0. The second kappa shape index (κ2) is 5.89. The van der Waals surface area contributed by atoms with Gasteiger partial charge in [0, 0.05) is 18.8 Å². The average molecular weight is 246 g/mol. The molecule has 1 saturated heterocycles. The smallest absolute Gasteiger partial charge is 0.226 e. The number of hydrogen-bond acceptors (Lipinski definition) is 2. The van der Waals surface area contributed by atoms with Crippen LogP contribution >= 0.6 is 0 Å². The summed E-state index contributed by atoms with van der Waals surface area (Å²) in [5.41, 5.74) is 7.43. The molecular formula is C15H22N2O. The van der Waals surface area contributed by atoms with Crippen LogP contribution in [0.25, 0.3) is 0 Å². The van der Waals surface area contributed by atoms with Gasteiger partial charge in [-0.3, -0.25) is 4.79 Å². The van der Waals surface area contributed by atoms with Crippen LogP contribution in [0.5, 0.6) is 0 Å². The van der Waals surface area contributed by atoms with Gasteiger partial charge in [0.05, 0.1) is 6.42 Å². The van der Waals surface area contributed by atoms with Gasteiger partial charge in [0.15, 0.2) is 0 Å². The highest BCUT2D eigenvalue weighted by atomic mass is 16.2. The Morgan fingerprint density at radius 1 is 1.39 bits per heavy atom. The molecule has 0 aliphatic carbocycles. The van der Waals surface area contributed by atoms with E-state index in [4.69, 9.17) is 5.73 Å². The van der Waals surface area contributed by atoms with Crippen LogP contribution in [0.4, 0.5) is 5.69 Å². The van der Waals surface area contributed by atoms with E-state index in [9.17, 15) is 4.79 Å². The number of hydrogen-bond donors (Lipinski definition) is 1. The molecule has 0 bridgehead atoms. The van der Waals surface area contributed by atoms with E-state index < -0.39 is 0 Å². The van der Waals surface area contributed by atoms with E-state index in [-0.39, 0.29) is 5.91 Å². The lowest BCUT2D eigenvalue weighted by Crippen LogP contribution is -2.30. The van der Waals surface area contributed by atoms with Crippen molar-refractivity contribution in [2.45, 2.75) is 32.6 Å². The summed E-state index contributed by atoms with van der Waals surface area (Å²) in [4.78, 5) is 14.2. The minimum atomic E-state index is 0.248. The first kappa shape index (κ1) is 12.9. The van der Waals surface area contributed by atoms with Crippen LogP contribution in [0, 0.1) is 5.92 Å². The number of likely N-dealkylation sites (tertiary alicyclic amines) is 1. The molecule has 1 unspecified atom stereocenters. The summed E-state index contributed by atoms with van der Waals surface area (Å²) in [6.45, 7) is 4.08. The number of nitrogen functional groups attached to an aromatic ring is 1. The van der Waals surface area contributed by atoms with Gasteiger partial charge in [0.25, 0.3) is 0 Å². The monoisotopic (exact) mass is 246 g/mol. The first-order chi connectivity index (χ1) is 8.69. The molecule has 1 heterocycles. The molecule has 1 aliphatic heterocycles. The fraction of sp³-hybridized carbons (Fsp3) is 0.533. The third kappa shape index (κ3) is 3.25. The van der Waals surface area contributed by atoms with Gasteiger partial charge in [-0.15, -0.1) is 0 Å². The Kier molecular flexibility index (Phi) is 4.24. The number of carbonyl (C=O) groups excluding carboxylic acids is 1. The molecular weight excluding hydrogens is 224 g/mol. The number of nitrogens with zero attached hydrogens (tertiary/aromatic N) is 1. The van der Waals surface area contributed by atoms with Crippen molar-refractivity contribution in [1.82, 2.24) is 4.90 Å². The Morgan fingerprint density at radius 3 is 2.78 bits per heavy atom. The summed E-state index contributed by atoms with van der Waals surface area (Å²) in [6, 6.07) is 7.58. The minimum Gasteiger partial charge on any atom is -0.399 e. The highest BCUT2D eigenvalue weighted by molar-refractivity contribution is 5.79. The molecule has 18 heavy (non-hydrogen) atoms. The van der Waals surface area contributed by atoms with E-state index in [1.165, 1.54) is 19.3 Å². The lowest BCUT2D eigenvalue weighted by molar-refractivity contribution is -0.129. The fourth-order valence-electron chi connectivity index (χ4n) is 2.62. The molecule has 98 valence electrons. The van der Waals surface area contributed by atoms with Crippen LogP contribution < -0.4 is 5.73 Å². The maximum atomic E-state index is 12.1. The van der Waals surface area contributed by atoms with Gasteiger partial charge in [0.2, 0.25) is 5.91 Å². The van der Waals surface area contributed by atoms with Crippen molar-refractivity contribution in [3.63, 3.8) is 0 Å². The summed E-state index contributed by atoms with van der Waals surface area (Å²) in [5.74, 6) is 0.962. The van der Waals surface area contributed by atoms with Crippen molar-refractivity contribution in [3.8, 4) is 0 Å². The third-order valence-electron chi connectivity index (χ3n) is 3.67. The van der Waals surface area contributed by atoms with Crippen LogP contribution in [0.1, 0.15) is 31.7 Å². The summed E-state index contributed by atoms with van der Waals surface area (Å²) in [7, 11) is 0. The zero-order valence-electron chi connectivity index (χ0n) is 11.1. The molecule has 0 spiro atoms. The van der Waals surface area contributed by atoms with E-state index in [0.29, 0.717) is 12.3 Å². The largest absolute Gasteiger partial charge is 0.399 e. The first-order valence-corrected chi connectivity index (χ1v) is 6.81. The van der Waals surface area contributed by atoms with Gasteiger partial charge in [-0.1, -0.05) is 25.5 Å². The van der Waals surface area contributed by atoms with Crippen LogP contribution in [-0.4, -0.2) is 23.9 Å². The van der Waals surface area contributed by atoms with Crippen molar-refractivity contribution in [1.29, 1.82) is 0 Å². The molecule has 1 fully saturated rings. The molecule has 1 amide bonds. The third-order valence-corrected chi connectivity index (χ3v) is 3.67. The second-order valence-corrected chi connectivity index (χ2v) is 5.20. The van der Waals surface area contributed by atoms with E-state index in [2.05, 4.69) is 6.92 Å². The van der Waals surface area contributed by atoms with Gasteiger partial charge >= 0.3 is 0 Å². The molecule has 0 aromatic heterocycles. The standard InChI is InChI=1S/C15H22N2O/c1-2-3-13-8-9-17(11-13)15(18)10-12-4-6-14(16)7-5-12/h4-7,13H,2-3,8-11,16H2,1H3. The molecule has 1 aromatic carbocycles. The second-order valence-electron chi connectivity index (χ2n) is 5.20. The lowest BCUT2D eigenvalue weighted by atomic mass is 10.0. The molecule has 0 saturated carbocycles. The summed E-state index contributed by atoms with van der Waals surface area (Å²) in [5, 5.41) is 0. The lowest BCUT2D eigenvalue weighted by Gasteiger charge is -2.16. The molecule has 1 atom stereocenters. The van der Waals surface area contributed by atoms with Gasteiger partial charge < -0.3 is 10.6 Å². The van der Waals surface area contributed by atoms with Crippen molar-refractivity contribution in [2.75, 3.05) is 18.8 Å². The van der Waals surface area contributed by atoms with Crippen LogP contribution in [0.15, 0.2) is 24.3 Å². The summed E-state index contributed by atoms with van der Waals surface area (Å²) >= 11 is 0. The predicted molar refractivity (Wildman–Crippen MR) is 74.2 cm³/mol. The molecule has 1 aliphatic rings. The average Bonchev–Trinajstić information content (AvgIpc) is 2.81. The Hall–Kier alpha value is -1.51. The fourth-order valence-corrected chi connectivity index (χ4v) is 2.62. The molecule has 2 rings (SSSR count). The topological polar surface area (TPSA) is 46.3 Å². The highest BCUT2D eigenvalue weighted by Gasteiger charge is 2.25. The summed E-state index contributed by atoms with van der Waals surface area (Å²) in [6.07, 6.45) is 4.12. The van der Waals surface area contributed by atoms with Crippen LogP contribution in [-0.2, 0) is 11.2 Å². The summed E-state index contributed by atoms with van der Waals surface area (Å²) < 4.78 is 0. The molecule has 1 aromatic rings. The van der Waals surface area contributed by atoms with E-state index in [0.717, 1.165) is 24.3 Å². The predicted octanol–water partition coefficient (Wildman–Crippen LogP) is 2.46. The van der Waals surface area contributed by atoms with Gasteiger partial charge in [-0.2, -0.15) is 0 Å². The number of carbonyl (C=O) groups is 1. The Bertz CT molecular complexity index is 399. The molecule has 2 N–H and O–H groups in total. The van der Waals surface area contributed by atoms with Gasteiger partial charge in [0.1, 0.15) is 0 Å². The maximum Gasteiger partial charge on any atom is 0.226 e. The number of rotatable bonds is 4. The van der Waals surface area contributed by atoms with Crippen LogP contribution in [0.2, 0.25) is 0 Å². The number of anilines is 1. The SMILES string of the molecule is CCCC1CCN(C(=O)Cc2ccc(N)cc2)C1. The molecule has 3 nitrogen and oxygen atoms in total. The highest BCUT2D eigenvalue weighted by Crippen LogP contribution is 2.21. The Balaban J connectivity index is 1.87. The van der Waals surface area contributed by atoms with Crippen molar-refractivity contribution >= 4 is 11.6 Å². The molecule has 3 heteroatoms. The minimum absolute atomic E-state index is 0.248. The number of nitrogens with two attached hydrogens (primary N) is 1. The Labute approximate surface area is 109 Å². The number of benzene rings is 1. The number of amides is 1. The van der Waals surface area contributed by atoms with E-state index >= 15 is 0 Å². The van der Waals surface area contributed by atoms with E-state index in [1.807, 2.05) is 29.2 Å². The van der Waals surface area contributed by atoms with Crippen LogP contribution in [0.3, 0.4) is 0 Å². The van der Waals surface area contributed by atoms with Crippen molar-refractivity contribution < 1.29 is 4.79 Å². The molecule has 0 radical (unpaired) electrons. The normalized spacial score (nSPS) is 19.2. The first-order valence-electron chi connectivity index (χ1n) is 6.81. The maximum absolute atomic E-state index is 12.1. The van der Waals surface area contributed by atoms with Gasteiger partial charge in [-0.25, -0.2) is 0 Å². The van der Waals surface area contributed by atoms with Gasteiger partial charge in [-0.05, 0) is 36.5 Å². The Morgan fingerprint density at radius 2 is 2.11 bits per heavy atom. The zero-order valence-corrected chi connectivity index (χ0v) is 11.1.